The molecule has 0 aliphatic carbocycles. The molecule has 1 aromatic carbocycles. The van der Waals surface area contributed by atoms with Crippen molar-refractivity contribution < 1.29 is 32.7 Å². The minimum Gasteiger partial charge on any atom is -0.409 e. The van der Waals surface area contributed by atoms with Crippen LogP contribution in [0, 0.1) is 6.07 Å². The van der Waals surface area contributed by atoms with Gasteiger partial charge in [0.2, 0.25) is 0 Å². The second-order valence-corrected chi connectivity index (χ2v) is 2.79. The molecule has 0 spiro atoms. The number of hydrogen-bond acceptors (Lipinski definition) is 2. The molecular formula is C10H11N2Y+2. The first kappa shape index (κ1) is 10.9. The van der Waals surface area contributed by atoms with E-state index in [2.05, 4.69) is 16.4 Å². The molecule has 0 radical (unpaired) electrons. The molecule has 3 heteroatoms. The van der Waals surface area contributed by atoms with E-state index in [-0.39, 0.29) is 32.7 Å². The van der Waals surface area contributed by atoms with E-state index in [0.717, 1.165) is 30.9 Å². The Labute approximate surface area is 104 Å². The maximum Gasteiger partial charge on any atom is 3.00 e. The van der Waals surface area contributed by atoms with Gasteiger partial charge in [0.1, 0.15) is 0 Å². The molecular weight excluding hydrogens is 237 g/mol. The number of rotatable bonds is 1. The largest absolute Gasteiger partial charge is 3.00 e. The Kier molecular flexibility index (Phi) is 4.61. The Morgan fingerprint density at radius 3 is 2.92 bits per heavy atom. The Bertz CT molecular complexity index is 282. The summed E-state index contributed by atoms with van der Waals surface area (Å²) in [5.41, 5.74) is 1.07. The molecule has 1 heterocycles. The Morgan fingerprint density at radius 1 is 1.38 bits per heavy atom. The van der Waals surface area contributed by atoms with Crippen LogP contribution in [-0.4, -0.2) is 18.9 Å². The molecule has 0 bridgehead atoms. The van der Waals surface area contributed by atoms with Gasteiger partial charge in [0.05, 0.1) is 0 Å². The van der Waals surface area contributed by atoms with Gasteiger partial charge in [-0.25, -0.2) is 0 Å². The Morgan fingerprint density at radius 2 is 2.31 bits per heavy atom. The zero-order chi connectivity index (χ0) is 8.23. The van der Waals surface area contributed by atoms with Crippen LogP contribution in [0.2, 0.25) is 0 Å². The van der Waals surface area contributed by atoms with Gasteiger partial charge in [-0.15, -0.1) is 35.9 Å². The summed E-state index contributed by atoms with van der Waals surface area (Å²) in [4.78, 5) is 4.37. The molecule has 1 aromatic rings. The molecule has 0 aromatic heterocycles. The van der Waals surface area contributed by atoms with Gasteiger partial charge in [0, 0.05) is 18.9 Å². The molecule has 0 saturated heterocycles. The van der Waals surface area contributed by atoms with Gasteiger partial charge in [-0.05, 0) is 6.42 Å². The number of benzene rings is 1. The molecule has 0 atom stereocenters. The van der Waals surface area contributed by atoms with Crippen molar-refractivity contribution in [2.75, 3.05) is 13.1 Å². The predicted molar refractivity (Wildman–Crippen MR) is 49.3 cm³/mol. The van der Waals surface area contributed by atoms with E-state index in [4.69, 9.17) is 0 Å². The fourth-order valence-electron chi connectivity index (χ4n) is 1.25. The first-order valence-corrected chi connectivity index (χ1v) is 4.22. The Hall–Kier alpha value is -0.206. The molecule has 2 rings (SSSR count). The van der Waals surface area contributed by atoms with Gasteiger partial charge in [0.15, 0.2) is 0 Å². The van der Waals surface area contributed by atoms with Crippen LogP contribution < -0.4 is 5.32 Å². The molecule has 0 amide bonds. The molecule has 0 fully saturated rings. The molecule has 1 aliphatic heterocycles. The zero-order valence-electron chi connectivity index (χ0n) is 7.46. The number of hydrogen-bond donors (Lipinski definition) is 1. The van der Waals surface area contributed by atoms with Crippen molar-refractivity contribution in [2.24, 2.45) is 4.99 Å². The number of amidine groups is 1. The standard InChI is InChI=1S/C10H11N2.Y/c1-2-5-9(6-3-1)10-11-7-4-8-12-10;/h1-3,5H,4,7-8H2,(H,11,12);/q-1;+3. The smallest absolute Gasteiger partial charge is 0.409 e. The normalized spacial score (nSPS) is 15.2. The van der Waals surface area contributed by atoms with Gasteiger partial charge in [-0.2, -0.15) is 0 Å². The summed E-state index contributed by atoms with van der Waals surface area (Å²) in [7, 11) is 0. The second kappa shape index (κ2) is 5.51. The van der Waals surface area contributed by atoms with Crippen molar-refractivity contribution in [3.63, 3.8) is 0 Å². The topological polar surface area (TPSA) is 24.4 Å². The van der Waals surface area contributed by atoms with Crippen molar-refractivity contribution in [1.29, 1.82) is 0 Å². The van der Waals surface area contributed by atoms with Crippen LogP contribution in [-0.2, 0) is 32.7 Å². The minimum atomic E-state index is 0. The SMILES string of the molecule is [Y+3].[c-]1ccccc1C1=NCCCN1. The van der Waals surface area contributed by atoms with Crippen molar-refractivity contribution in [3.8, 4) is 0 Å². The molecule has 0 saturated carbocycles. The third kappa shape index (κ3) is 2.89. The predicted octanol–water partition coefficient (Wildman–Crippen LogP) is 1.22. The quantitative estimate of drug-likeness (QED) is 0.742. The summed E-state index contributed by atoms with van der Waals surface area (Å²) in [6, 6.07) is 11.1. The van der Waals surface area contributed by atoms with E-state index in [9.17, 15) is 0 Å². The third-order valence-electron chi connectivity index (χ3n) is 1.86. The summed E-state index contributed by atoms with van der Waals surface area (Å²) in [6.45, 7) is 1.96. The van der Waals surface area contributed by atoms with E-state index in [0.29, 0.717) is 0 Å². The average molecular weight is 248 g/mol. The second-order valence-electron chi connectivity index (χ2n) is 2.79. The summed E-state index contributed by atoms with van der Waals surface area (Å²) >= 11 is 0. The van der Waals surface area contributed by atoms with Crippen molar-refractivity contribution in [1.82, 2.24) is 5.32 Å². The van der Waals surface area contributed by atoms with Crippen molar-refractivity contribution in [2.45, 2.75) is 6.42 Å². The maximum atomic E-state index is 4.37. The monoisotopic (exact) mass is 248 g/mol. The number of aliphatic imine (C=N–C) groups is 1. The van der Waals surface area contributed by atoms with Crippen LogP contribution in [0.1, 0.15) is 12.0 Å². The summed E-state index contributed by atoms with van der Waals surface area (Å²) in [5, 5.41) is 3.25. The molecule has 13 heavy (non-hydrogen) atoms. The number of nitrogens with zero attached hydrogens (tertiary/aromatic N) is 1. The van der Waals surface area contributed by atoms with Crippen molar-refractivity contribution >= 4 is 5.84 Å². The number of nitrogens with one attached hydrogen (secondary N) is 1. The maximum absolute atomic E-state index is 4.37. The van der Waals surface area contributed by atoms with Gasteiger partial charge >= 0.3 is 32.7 Å². The summed E-state index contributed by atoms with van der Waals surface area (Å²) < 4.78 is 0. The first-order valence-electron chi connectivity index (χ1n) is 4.22. The fourth-order valence-corrected chi connectivity index (χ4v) is 1.25. The van der Waals surface area contributed by atoms with Gasteiger partial charge in [-0.1, -0.05) is 0 Å². The fraction of sp³-hybridized carbons (Fsp3) is 0.300. The van der Waals surface area contributed by atoms with Gasteiger partial charge in [0.25, 0.3) is 0 Å². The van der Waals surface area contributed by atoms with E-state index in [1.54, 1.807) is 0 Å². The molecule has 1 N–H and O–H groups in total. The van der Waals surface area contributed by atoms with Gasteiger partial charge in [-0.3, -0.25) is 0 Å². The van der Waals surface area contributed by atoms with Crippen LogP contribution in [0.4, 0.5) is 0 Å². The van der Waals surface area contributed by atoms with Crippen LogP contribution in [0.25, 0.3) is 0 Å². The van der Waals surface area contributed by atoms with Gasteiger partial charge < -0.3 is 10.3 Å². The Balaban J connectivity index is 0.000000845. The molecule has 62 valence electrons. The molecule has 2 nitrogen and oxygen atoms in total. The van der Waals surface area contributed by atoms with E-state index in [1.165, 1.54) is 0 Å². The van der Waals surface area contributed by atoms with Crippen molar-refractivity contribution in [3.05, 3.63) is 35.9 Å². The summed E-state index contributed by atoms with van der Waals surface area (Å²) in [6.07, 6.45) is 1.14. The van der Waals surface area contributed by atoms with Crippen LogP contribution in [0.3, 0.4) is 0 Å². The summed E-state index contributed by atoms with van der Waals surface area (Å²) in [5.74, 6) is 0.988. The van der Waals surface area contributed by atoms with Crippen LogP contribution in [0.5, 0.6) is 0 Å². The third-order valence-corrected chi connectivity index (χ3v) is 1.86. The van der Waals surface area contributed by atoms with Crippen LogP contribution in [0.15, 0.2) is 29.3 Å². The zero-order valence-corrected chi connectivity index (χ0v) is 10.3. The average Bonchev–Trinajstić information content (AvgIpc) is 2.21. The van der Waals surface area contributed by atoms with E-state index < -0.39 is 0 Å². The molecule has 0 unspecified atom stereocenters. The van der Waals surface area contributed by atoms with E-state index >= 15 is 0 Å². The molecule has 1 aliphatic rings. The van der Waals surface area contributed by atoms with Crippen LogP contribution >= 0.6 is 0 Å². The van der Waals surface area contributed by atoms with E-state index in [1.807, 2.05) is 24.3 Å². The first-order chi connectivity index (χ1) is 5.97. The minimum absolute atomic E-state index is 0.